The Morgan fingerprint density at radius 3 is 2.67 bits per heavy atom. The molecule has 116 valence electrons. The van der Waals surface area contributed by atoms with E-state index in [1.807, 2.05) is 0 Å². The molecule has 1 aromatic carbocycles. The van der Waals surface area contributed by atoms with Crippen LogP contribution in [0.5, 0.6) is 0 Å². The number of amides is 1. The minimum absolute atomic E-state index is 0.110. The number of hydrogen-bond donors (Lipinski definition) is 2. The molecule has 1 saturated heterocycles. The van der Waals surface area contributed by atoms with Crippen LogP contribution in [0.2, 0.25) is 0 Å². The van der Waals surface area contributed by atoms with Crippen LogP contribution < -0.4 is 11.1 Å². The highest BCUT2D eigenvalue weighted by molar-refractivity contribution is 5.80. The standard InChI is InChI=1S/C17H27N3O/c1-13-4-3-9-20(11-13)12-16-7-5-15(6-8-16)10-19-17(21)14(2)18/h5-8,13-14H,3-4,9-12,18H2,1-2H3,(H,19,21)/t13?,14-/m1/s1. The molecule has 0 aromatic heterocycles. The second kappa shape index (κ2) is 7.57. The van der Waals surface area contributed by atoms with Crippen molar-refractivity contribution in [1.82, 2.24) is 10.2 Å². The Morgan fingerprint density at radius 1 is 1.38 bits per heavy atom. The molecule has 0 spiro atoms. The van der Waals surface area contributed by atoms with Crippen LogP contribution >= 0.6 is 0 Å². The van der Waals surface area contributed by atoms with Gasteiger partial charge >= 0.3 is 0 Å². The molecule has 4 heteroatoms. The number of rotatable bonds is 5. The molecule has 1 heterocycles. The lowest BCUT2D eigenvalue weighted by atomic mass is 9.99. The maximum Gasteiger partial charge on any atom is 0.236 e. The molecule has 1 aliphatic rings. The van der Waals surface area contributed by atoms with E-state index in [-0.39, 0.29) is 5.91 Å². The van der Waals surface area contributed by atoms with Crippen LogP contribution in [0.3, 0.4) is 0 Å². The number of nitrogens with zero attached hydrogens (tertiary/aromatic N) is 1. The van der Waals surface area contributed by atoms with Crippen LogP contribution in [0.15, 0.2) is 24.3 Å². The number of carbonyl (C=O) groups is 1. The zero-order chi connectivity index (χ0) is 15.2. The van der Waals surface area contributed by atoms with E-state index in [2.05, 4.69) is 41.4 Å². The van der Waals surface area contributed by atoms with E-state index in [0.717, 1.165) is 18.0 Å². The molecular weight excluding hydrogens is 262 g/mol. The topological polar surface area (TPSA) is 58.4 Å². The van der Waals surface area contributed by atoms with Crippen molar-refractivity contribution < 1.29 is 4.79 Å². The lowest BCUT2D eigenvalue weighted by Crippen LogP contribution is -2.37. The highest BCUT2D eigenvalue weighted by atomic mass is 16.2. The second-order valence-corrected chi connectivity index (χ2v) is 6.31. The predicted octanol–water partition coefficient (Wildman–Crippen LogP) is 1.88. The molecule has 2 rings (SSSR count). The van der Waals surface area contributed by atoms with Gasteiger partial charge in [0.1, 0.15) is 0 Å². The van der Waals surface area contributed by atoms with Crippen molar-refractivity contribution in [3.63, 3.8) is 0 Å². The van der Waals surface area contributed by atoms with E-state index in [1.54, 1.807) is 6.92 Å². The average molecular weight is 289 g/mol. The molecule has 0 bridgehead atoms. The Labute approximate surface area is 127 Å². The molecule has 21 heavy (non-hydrogen) atoms. The zero-order valence-corrected chi connectivity index (χ0v) is 13.1. The van der Waals surface area contributed by atoms with Crippen molar-refractivity contribution in [2.45, 2.75) is 45.8 Å². The molecule has 1 amide bonds. The van der Waals surface area contributed by atoms with Gasteiger partial charge in [0.05, 0.1) is 6.04 Å². The van der Waals surface area contributed by atoms with Crippen molar-refractivity contribution in [3.05, 3.63) is 35.4 Å². The number of benzene rings is 1. The van der Waals surface area contributed by atoms with Gasteiger partial charge in [-0.1, -0.05) is 31.2 Å². The Hall–Kier alpha value is -1.39. The first-order valence-electron chi connectivity index (χ1n) is 7.88. The first-order chi connectivity index (χ1) is 10.0. The van der Waals surface area contributed by atoms with Gasteiger partial charge in [-0.15, -0.1) is 0 Å². The van der Waals surface area contributed by atoms with Gasteiger partial charge in [0.2, 0.25) is 5.91 Å². The van der Waals surface area contributed by atoms with Crippen LogP contribution in [0.25, 0.3) is 0 Å². The maximum absolute atomic E-state index is 11.4. The Morgan fingerprint density at radius 2 is 2.05 bits per heavy atom. The van der Waals surface area contributed by atoms with Gasteiger partial charge in [-0.25, -0.2) is 0 Å². The van der Waals surface area contributed by atoms with Crippen LogP contribution in [-0.2, 0) is 17.9 Å². The van der Waals surface area contributed by atoms with Gasteiger partial charge in [-0.05, 0) is 43.4 Å². The number of carbonyl (C=O) groups excluding carboxylic acids is 1. The quantitative estimate of drug-likeness (QED) is 0.870. The first kappa shape index (κ1) is 16.0. The number of nitrogens with one attached hydrogen (secondary N) is 1. The normalized spacial score (nSPS) is 21.0. The zero-order valence-electron chi connectivity index (χ0n) is 13.1. The molecule has 4 nitrogen and oxygen atoms in total. The highest BCUT2D eigenvalue weighted by Crippen LogP contribution is 2.18. The monoisotopic (exact) mass is 289 g/mol. The Bertz CT molecular complexity index is 456. The van der Waals surface area contributed by atoms with E-state index in [0.29, 0.717) is 6.54 Å². The highest BCUT2D eigenvalue weighted by Gasteiger charge is 2.16. The summed E-state index contributed by atoms with van der Waals surface area (Å²) in [5, 5.41) is 2.83. The summed E-state index contributed by atoms with van der Waals surface area (Å²) in [6.07, 6.45) is 2.66. The molecule has 1 aromatic rings. The summed E-state index contributed by atoms with van der Waals surface area (Å²) in [6, 6.07) is 8.04. The smallest absolute Gasteiger partial charge is 0.236 e. The lowest BCUT2D eigenvalue weighted by molar-refractivity contribution is -0.122. The number of nitrogens with two attached hydrogens (primary N) is 1. The molecular formula is C17H27N3O. The number of hydrogen-bond acceptors (Lipinski definition) is 3. The average Bonchev–Trinajstić information content (AvgIpc) is 2.46. The molecule has 0 radical (unpaired) electrons. The van der Waals surface area contributed by atoms with Crippen LogP contribution in [0, 0.1) is 5.92 Å². The number of piperidine rings is 1. The molecule has 0 saturated carbocycles. The minimum Gasteiger partial charge on any atom is -0.351 e. The van der Waals surface area contributed by atoms with E-state index in [9.17, 15) is 4.79 Å². The van der Waals surface area contributed by atoms with E-state index >= 15 is 0 Å². The van der Waals surface area contributed by atoms with Gasteiger partial charge < -0.3 is 11.1 Å². The van der Waals surface area contributed by atoms with Crippen LogP contribution in [0.1, 0.15) is 37.8 Å². The third kappa shape index (κ3) is 5.14. The summed E-state index contributed by atoms with van der Waals surface area (Å²) in [7, 11) is 0. The molecule has 2 atom stereocenters. The van der Waals surface area contributed by atoms with Crippen molar-refractivity contribution in [1.29, 1.82) is 0 Å². The predicted molar refractivity (Wildman–Crippen MR) is 85.6 cm³/mol. The van der Waals surface area contributed by atoms with E-state index in [4.69, 9.17) is 5.73 Å². The molecule has 1 aliphatic heterocycles. The fraction of sp³-hybridized carbons (Fsp3) is 0.588. The summed E-state index contributed by atoms with van der Waals surface area (Å²) in [5.41, 5.74) is 7.97. The summed E-state index contributed by atoms with van der Waals surface area (Å²) in [6.45, 7) is 8.00. The number of likely N-dealkylation sites (tertiary alicyclic amines) is 1. The fourth-order valence-electron chi connectivity index (χ4n) is 2.80. The van der Waals surface area contributed by atoms with Crippen molar-refractivity contribution in [2.24, 2.45) is 11.7 Å². The SMILES string of the molecule is CC1CCCN(Cc2ccc(CNC(=O)[C@@H](C)N)cc2)C1. The van der Waals surface area contributed by atoms with Crippen molar-refractivity contribution in [2.75, 3.05) is 13.1 Å². The summed E-state index contributed by atoms with van der Waals surface area (Å²) < 4.78 is 0. The minimum atomic E-state index is -0.453. The van der Waals surface area contributed by atoms with Crippen molar-refractivity contribution in [3.8, 4) is 0 Å². The largest absolute Gasteiger partial charge is 0.351 e. The maximum atomic E-state index is 11.4. The first-order valence-corrected chi connectivity index (χ1v) is 7.88. The van der Waals surface area contributed by atoms with Gasteiger partial charge in [-0.2, -0.15) is 0 Å². The summed E-state index contributed by atoms with van der Waals surface area (Å²) in [5.74, 6) is 0.702. The van der Waals surface area contributed by atoms with Crippen LogP contribution in [0.4, 0.5) is 0 Å². The van der Waals surface area contributed by atoms with Gasteiger partial charge in [0.25, 0.3) is 0 Å². The Kier molecular flexibility index (Phi) is 5.76. The molecule has 0 aliphatic carbocycles. The Balaban J connectivity index is 1.82. The third-order valence-electron chi connectivity index (χ3n) is 4.05. The third-order valence-corrected chi connectivity index (χ3v) is 4.05. The van der Waals surface area contributed by atoms with Gasteiger partial charge in [0.15, 0.2) is 0 Å². The second-order valence-electron chi connectivity index (χ2n) is 6.31. The summed E-state index contributed by atoms with van der Waals surface area (Å²) >= 11 is 0. The molecule has 1 unspecified atom stereocenters. The summed E-state index contributed by atoms with van der Waals surface area (Å²) in [4.78, 5) is 14.0. The lowest BCUT2D eigenvalue weighted by Gasteiger charge is -2.30. The molecule has 1 fully saturated rings. The fourth-order valence-corrected chi connectivity index (χ4v) is 2.80. The van der Waals surface area contributed by atoms with Gasteiger partial charge in [-0.3, -0.25) is 9.69 Å². The van der Waals surface area contributed by atoms with E-state index in [1.165, 1.54) is 31.5 Å². The van der Waals surface area contributed by atoms with Crippen molar-refractivity contribution >= 4 is 5.91 Å². The van der Waals surface area contributed by atoms with Gasteiger partial charge in [0, 0.05) is 19.6 Å². The van der Waals surface area contributed by atoms with Crippen LogP contribution in [-0.4, -0.2) is 29.9 Å². The van der Waals surface area contributed by atoms with E-state index < -0.39 is 6.04 Å². The molecule has 3 N–H and O–H groups in total.